The molecule has 210 valence electrons. The van der Waals surface area contributed by atoms with Gasteiger partial charge in [-0.25, -0.2) is 8.42 Å². The molecule has 1 aliphatic heterocycles. The van der Waals surface area contributed by atoms with Gasteiger partial charge in [0.2, 0.25) is 5.91 Å². The Bertz CT molecular complexity index is 1400. The summed E-state index contributed by atoms with van der Waals surface area (Å²) in [6.45, 7) is 1.26. The summed E-state index contributed by atoms with van der Waals surface area (Å²) in [5, 5.41) is 20.7. The van der Waals surface area contributed by atoms with Crippen LogP contribution in [0.5, 0.6) is 0 Å². The maximum atomic E-state index is 13.2. The van der Waals surface area contributed by atoms with Crippen molar-refractivity contribution in [2.24, 2.45) is 0 Å². The lowest BCUT2D eigenvalue weighted by Gasteiger charge is -2.32. The molecular weight excluding hydrogens is 556 g/mol. The molecule has 0 saturated carbocycles. The Morgan fingerprint density at radius 2 is 1.67 bits per heavy atom. The van der Waals surface area contributed by atoms with Crippen molar-refractivity contribution < 1.29 is 49.5 Å². The average molecular weight is 578 g/mol. The van der Waals surface area contributed by atoms with Gasteiger partial charge in [-0.05, 0) is 35.4 Å². The van der Waals surface area contributed by atoms with Gasteiger partial charge in [0.25, 0.3) is 11.5 Å². The molecule has 0 aliphatic carbocycles. The summed E-state index contributed by atoms with van der Waals surface area (Å²) in [7, 11) is -3.62. The number of nitrogens with zero attached hydrogens (tertiary/aromatic N) is 2. The van der Waals surface area contributed by atoms with Crippen LogP contribution < -0.4 is 5.32 Å². The van der Waals surface area contributed by atoms with Crippen molar-refractivity contribution in [2.45, 2.75) is 55.2 Å². The number of halogens is 6. The summed E-state index contributed by atoms with van der Waals surface area (Å²) in [5.74, 6) is -1.70. The highest BCUT2D eigenvalue weighted by atomic mass is 32.2. The number of alkyl halides is 6. The third-order valence-electron chi connectivity index (χ3n) is 6.21. The molecule has 15 heteroatoms. The van der Waals surface area contributed by atoms with Crippen LogP contribution in [0, 0.1) is 11.3 Å². The molecule has 2 aromatic rings. The smallest absolute Gasteiger partial charge is 0.369 e. The van der Waals surface area contributed by atoms with Gasteiger partial charge in [-0.2, -0.15) is 31.6 Å². The normalized spacial score (nSPS) is 16.0. The zero-order chi connectivity index (χ0) is 29.4. The highest BCUT2D eigenvalue weighted by molar-refractivity contribution is 7.91. The number of hydrogen-bond acceptors (Lipinski definition) is 6. The SMILES string of the molecule is CCS(=O)(=O)c1ccc2c(c1)CN(C(=O)CCC#N)C2C(=O)Nc1ccc(C(O)(C(F)(F)F)C(F)(F)F)cc1. The zero-order valence-electron chi connectivity index (χ0n) is 20.1. The van der Waals surface area contributed by atoms with Gasteiger partial charge in [0.15, 0.2) is 9.84 Å². The number of sulfone groups is 1. The van der Waals surface area contributed by atoms with Crippen molar-refractivity contribution in [1.82, 2.24) is 4.90 Å². The molecule has 39 heavy (non-hydrogen) atoms. The third kappa shape index (κ3) is 5.57. The van der Waals surface area contributed by atoms with E-state index in [1.807, 2.05) is 0 Å². The minimum atomic E-state index is -6.09. The molecule has 0 radical (unpaired) electrons. The molecule has 2 amide bonds. The number of anilines is 1. The summed E-state index contributed by atoms with van der Waals surface area (Å²) in [5.41, 5.74) is -6.31. The quantitative estimate of drug-likeness (QED) is 0.477. The Balaban J connectivity index is 1.95. The number of rotatable bonds is 7. The first-order valence-electron chi connectivity index (χ1n) is 11.3. The Kier molecular flexibility index (Phi) is 8.05. The van der Waals surface area contributed by atoms with Gasteiger partial charge in [-0.3, -0.25) is 9.59 Å². The van der Waals surface area contributed by atoms with Gasteiger partial charge >= 0.3 is 12.4 Å². The molecule has 1 heterocycles. The van der Waals surface area contributed by atoms with Crippen LogP contribution in [-0.4, -0.2) is 48.3 Å². The number of amides is 2. The molecule has 0 fully saturated rings. The van der Waals surface area contributed by atoms with E-state index in [-0.39, 0.29) is 41.3 Å². The molecular formula is C24H21F6N3O5S. The fourth-order valence-electron chi connectivity index (χ4n) is 4.10. The topological polar surface area (TPSA) is 128 Å². The van der Waals surface area contributed by atoms with E-state index in [9.17, 15) is 49.5 Å². The van der Waals surface area contributed by atoms with E-state index >= 15 is 0 Å². The Labute approximate surface area is 218 Å². The minimum absolute atomic E-state index is 0.0355. The van der Waals surface area contributed by atoms with E-state index in [1.54, 1.807) is 6.07 Å². The first kappa shape index (κ1) is 29.9. The number of carbonyl (C=O) groups is 2. The molecule has 2 aromatic carbocycles. The maximum Gasteiger partial charge on any atom is 0.430 e. The van der Waals surface area contributed by atoms with E-state index in [0.717, 1.165) is 17.0 Å². The lowest BCUT2D eigenvalue weighted by Crippen LogP contribution is -2.53. The van der Waals surface area contributed by atoms with Crippen molar-refractivity contribution in [1.29, 1.82) is 5.26 Å². The Morgan fingerprint density at radius 1 is 1.08 bits per heavy atom. The number of nitriles is 1. The zero-order valence-corrected chi connectivity index (χ0v) is 20.9. The van der Waals surface area contributed by atoms with Crippen LogP contribution in [0.15, 0.2) is 47.4 Å². The van der Waals surface area contributed by atoms with Crippen LogP contribution >= 0.6 is 0 Å². The van der Waals surface area contributed by atoms with Crippen LogP contribution in [0.25, 0.3) is 0 Å². The van der Waals surface area contributed by atoms with Gasteiger partial charge < -0.3 is 15.3 Å². The largest absolute Gasteiger partial charge is 0.430 e. The number of carbonyl (C=O) groups excluding carboxylic acids is 2. The summed E-state index contributed by atoms with van der Waals surface area (Å²) in [4.78, 5) is 27.0. The third-order valence-corrected chi connectivity index (χ3v) is 7.94. The van der Waals surface area contributed by atoms with Crippen molar-refractivity contribution in [3.8, 4) is 6.07 Å². The number of fused-ring (bicyclic) bond motifs is 1. The number of nitrogens with one attached hydrogen (secondary N) is 1. The second kappa shape index (κ2) is 10.5. The number of benzene rings is 2. The first-order chi connectivity index (χ1) is 18.0. The second-order valence-corrected chi connectivity index (χ2v) is 10.9. The molecule has 0 spiro atoms. The summed E-state index contributed by atoms with van der Waals surface area (Å²) in [6, 6.07) is 6.55. The van der Waals surface area contributed by atoms with Crippen LogP contribution in [0.4, 0.5) is 32.0 Å². The van der Waals surface area contributed by atoms with Crippen molar-refractivity contribution in [3.05, 3.63) is 59.2 Å². The predicted octanol–water partition coefficient (Wildman–Crippen LogP) is 4.12. The summed E-state index contributed by atoms with van der Waals surface area (Å²) >= 11 is 0. The van der Waals surface area contributed by atoms with E-state index in [1.165, 1.54) is 25.1 Å². The van der Waals surface area contributed by atoms with Crippen LogP contribution in [-0.2, 0) is 31.6 Å². The fraction of sp³-hybridized carbons (Fsp3) is 0.375. The summed E-state index contributed by atoms with van der Waals surface area (Å²) in [6.07, 6.45) is -12.6. The van der Waals surface area contributed by atoms with E-state index in [2.05, 4.69) is 5.32 Å². The molecule has 0 saturated heterocycles. The monoisotopic (exact) mass is 577 g/mol. The van der Waals surface area contributed by atoms with Crippen LogP contribution in [0.2, 0.25) is 0 Å². The van der Waals surface area contributed by atoms with Gasteiger partial charge in [-0.15, -0.1) is 0 Å². The number of aliphatic hydroxyl groups is 1. The standard InChI is InChI=1S/C24H21F6N3O5S/c1-2-39(37,38)17-9-10-18-14(12-17)13-33(19(34)4-3-11-31)20(18)21(35)32-16-7-5-15(6-8-16)22(36,23(25,26)27)24(28,29)30/h5-10,12,20,36H,2-4,13H2,1H3,(H,32,35). The van der Waals surface area contributed by atoms with Crippen molar-refractivity contribution in [3.63, 3.8) is 0 Å². The Morgan fingerprint density at radius 3 is 2.18 bits per heavy atom. The van der Waals surface area contributed by atoms with Crippen molar-refractivity contribution in [2.75, 3.05) is 11.1 Å². The molecule has 0 bridgehead atoms. The summed E-state index contributed by atoms with van der Waals surface area (Å²) < 4.78 is 103. The van der Waals surface area contributed by atoms with Crippen molar-refractivity contribution >= 4 is 27.3 Å². The highest BCUT2D eigenvalue weighted by Crippen LogP contribution is 2.50. The second-order valence-electron chi connectivity index (χ2n) is 8.62. The molecule has 1 aliphatic rings. The lowest BCUT2D eigenvalue weighted by atomic mass is 9.92. The first-order valence-corrected chi connectivity index (χ1v) is 12.9. The van der Waals surface area contributed by atoms with E-state index in [4.69, 9.17) is 5.26 Å². The lowest BCUT2D eigenvalue weighted by molar-refractivity contribution is -0.376. The van der Waals surface area contributed by atoms with Gasteiger partial charge in [0.1, 0.15) is 6.04 Å². The predicted molar refractivity (Wildman–Crippen MR) is 123 cm³/mol. The highest BCUT2D eigenvalue weighted by Gasteiger charge is 2.71. The minimum Gasteiger partial charge on any atom is -0.369 e. The van der Waals surface area contributed by atoms with Crippen LogP contribution in [0.3, 0.4) is 0 Å². The van der Waals surface area contributed by atoms with E-state index in [0.29, 0.717) is 17.7 Å². The van der Waals surface area contributed by atoms with Gasteiger partial charge in [0, 0.05) is 30.6 Å². The van der Waals surface area contributed by atoms with Crippen LogP contribution in [0.1, 0.15) is 42.5 Å². The molecule has 3 rings (SSSR count). The maximum absolute atomic E-state index is 13.2. The van der Waals surface area contributed by atoms with Gasteiger partial charge in [0.05, 0.1) is 16.7 Å². The molecule has 1 atom stereocenters. The molecule has 8 nitrogen and oxygen atoms in total. The van der Waals surface area contributed by atoms with E-state index < -0.39 is 51.2 Å². The molecule has 0 aromatic heterocycles. The molecule has 2 N–H and O–H groups in total. The molecule has 1 unspecified atom stereocenters. The fourth-order valence-corrected chi connectivity index (χ4v) is 5.03. The van der Waals surface area contributed by atoms with Gasteiger partial charge in [-0.1, -0.05) is 25.1 Å². The Hall–Kier alpha value is -3.64. The number of hydrogen-bond donors (Lipinski definition) is 2. The average Bonchev–Trinajstić information content (AvgIpc) is 3.25.